The third-order valence-corrected chi connectivity index (χ3v) is 5.53. The lowest BCUT2D eigenvalue weighted by atomic mass is 10.2. The molecule has 7 heteroatoms. The van der Waals surface area contributed by atoms with E-state index in [1.807, 2.05) is 30.3 Å². The van der Waals surface area contributed by atoms with Gasteiger partial charge in [-0.3, -0.25) is 4.79 Å². The van der Waals surface area contributed by atoms with E-state index in [4.69, 9.17) is 23.2 Å². The predicted molar refractivity (Wildman–Crippen MR) is 103 cm³/mol. The molecule has 0 aliphatic rings. The Bertz CT molecular complexity index is 1170. The molecule has 25 heavy (non-hydrogen) atoms. The van der Waals surface area contributed by atoms with Gasteiger partial charge in [0.05, 0.1) is 10.5 Å². The van der Waals surface area contributed by atoms with E-state index in [9.17, 15) is 9.90 Å². The number of phenols is 1. The summed E-state index contributed by atoms with van der Waals surface area (Å²) in [5, 5.41) is 10.4. The molecular formula is C18H10Cl2N2O2S. The number of hydrogen-bond acceptors (Lipinski definition) is 4. The second-order valence-electron chi connectivity index (χ2n) is 5.39. The van der Waals surface area contributed by atoms with Crippen molar-refractivity contribution >= 4 is 44.8 Å². The van der Waals surface area contributed by atoms with E-state index in [1.54, 1.807) is 12.1 Å². The van der Waals surface area contributed by atoms with Crippen LogP contribution in [0, 0.1) is 0 Å². The van der Waals surface area contributed by atoms with Crippen molar-refractivity contribution < 1.29 is 5.11 Å². The van der Waals surface area contributed by atoms with E-state index >= 15 is 0 Å². The molecule has 0 spiro atoms. The van der Waals surface area contributed by atoms with E-state index in [0.29, 0.717) is 26.6 Å². The molecule has 0 radical (unpaired) electrons. The number of nitrogens with one attached hydrogen (secondary N) is 1. The number of fused-ring (bicyclic) bond motifs is 1. The van der Waals surface area contributed by atoms with Gasteiger partial charge in [0.2, 0.25) is 0 Å². The van der Waals surface area contributed by atoms with Gasteiger partial charge in [-0.2, -0.15) is 0 Å². The molecule has 0 bridgehead atoms. The number of aromatic hydroxyl groups is 1. The number of rotatable bonds is 2. The Balaban J connectivity index is 1.89. The Morgan fingerprint density at radius 1 is 1.04 bits per heavy atom. The summed E-state index contributed by atoms with van der Waals surface area (Å²) in [4.78, 5) is 20.6. The number of phenolic OH excluding ortho intramolecular Hbond substituents is 1. The number of nitrogens with zero attached hydrogens (tertiary/aromatic N) is 1. The molecule has 4 nitrogen and oxygen atoms in total. The summed E-state index contributed by atoms with van der Waals surface area (Å²) in [6, 6.07) is 14.0. The first-order valence-corrected chi connectivity index (χ1v) is 8.88. The molecule has 2 heterocycles. The highest BCUT2D eigenvalue weighted by Crippen LogP contribution is 2.35. The van der Waals surface area contributed by atoms with Crippen molar-refractivity contribution in [3.05, 3.63) is 68.9 Å². The fourth-order valence-corrected chi connectivity index (χ4v) is 4.03. The number of benzene rings is 2. The number of aromatic nitrogens is 2. The van der Waals surface area contributed by atoms with Gasteiger partial charge in [-0.15, -0.1) is 11.3 Å². The molecule has 4 aromatic rings. The van der Waals surface area contributed by atoms with Crippen LogP contribution in [-0.4, -0.2) is 15.1 Å². The van der Waals surface area contributed by atoms with Crippen LogP contribution < -0.4 is 5.56 Å². The van der Waals surface area contributed by atoms with E-state index in [0.717, 1.165) is 10.4 Å². The normalized spacial score (nSPS) is 11.1. The summed E-state index contributed by atoms with van der Waals surface area (Å²) < 4.78 is 0.531. The molecular weight excluding hydrogens is 379 g/mol. The summed E-state index contributed by atoms with van der Waals surface area (Å²) >= 11 is 13.5. The first-order valence-electron chi connectivity index (χ1n) is 7.30. The molecule has 0 fully saturated rings. The number of H-pyrrole nitrogens is 1. The Hall–Kier alpha value is -2.34. The molecule has 0 saturated carbocycles. The highest BCUT2D eigenvalue weighted by atomic mass is 35.5. The van der Waals surface area contributed by atoms with Crippen molar-refractivity contribution in [2.45, 2.75) is 0 Å². The van der Waals surface area contributed by atoms with Crippen LogP contribution in [0.25, 0.3) is 32.0 Å². The SMILES string of the molecule is O=c1[nH]c(-c2ccc(O)c(Cl)c2)nc2cc(-c3ccccc3Cl)sc12. The lowest BCUT2D eigenvalue weighted by Crippen LogP contribution is -2.07. The quantitative estimate of drug-likeness (QED) is 0.487. The number of aromatic amines is 1. The molecule has 2 aromatic carbocycles. The average Bonchev–Trinajstić information content (AvgIpc) is 3.02. The highest BCUT2D eigenvalue weighted by Gasteiger charge is 2.13. The van der Waals surface area contributed by atoms with Gasteiger partial charge in [0, 0.05) is 21.0 Å². The van der Waals surface area contributed by atoms with Crippen molar-refractivity contribution in [3.63, 3.8) is 0 Å². The molecule has 0 aliphatic heterocycles. The summed E-state index contributed by atoms with van der Waals surface area (Å²) in [6.45, 7) is 0. The molecule has 2 N–H and O–H groups in total. The maximum Gasteiger partial charge on any atom is 0.269 e. The van der Waals surface area contributed by atoms with Gasteiger partial charge in [-0.1, -0.05) is 41.4 Å². The molecule has 0 unspecified atom stereocenters. The monoisotopic (exact) mass is 388 g/mol. The number of halogens is 2. The predicted octanol–water partition coefficient (Wildman–Crippen LogP) is 5.33. The van der Waals surface area contributed by atoms with Crippen LogP contribution in [0.2, 0.25) is 10.0 Å². The van der Waals surface area contributed by atoms with Gasteiger partial charge < -0.3 is 10.1 Å². The zero-order chi connectivity index (χ0) is 17.6. The van der Waals surface area contributed by atoms with Crippen LogP contribution in [0.4, 0.5) is 0 Å². The summed E-state index contributed by atoms with van der Waals surface area (Å²) in [5.74, 6) is 0.369. The maximum atomic E-state index is 12.5. The second-order valence-corrected chi connectivity index (χ2v) is 7.25. The first-order chi connectivity index (χ1) is 12.0. The fraction of sp³-hybridized carbons (Fsp3) is 0. The van der Waals surface area contributed by atoms with E-state index < -0.39 is 0 Å². The van der Waals surface area contributed by atoms with Crippen molar-refractivity contribution in [1.82, 2.24) is 9.97 Å². The van der Waals surface area contributed by atoms with Gasteiger partial charge in [0.15, 0.2) is 0 Å². The van der Waals surface area contributed by atoms with E-state index in [1.165, 1.54) is 17.4 Å². The zero-order valence-electron chi connectivity index (χ0n) is 12.6. The molecule has 0 aliphatic carbocycles. The molecule has 0 saturated heterocycles. The fourth-order valence-electron chi connectivity index (χ4n) is 2.52. The van der Waals surface area contributed by atoms with Gasteiger partial charge >= 0.3 is 0 Å². The number of hydrogen-bond donors (Lipinski definition) is 2. The minimum absolute atomic E-state index is 0.0228. The zero-order valence-corrected chi connectivity index (χ0v) is 14.9. The summed E-state index contributed by atoms with van der Waals surface area (Å²) in [5.41, 5.74) is 1.84. The summed E-state index contributed by atoms with van der Waals surface area (Å²) in [7, 11) is 0. The second kappa shape index (κ2) is 6.19. The van der Waals surface area contributed by atoms with Gasteiger partial charge in [0.25, 0.3) is 5.56 Å². The van der Waals surface area contributed by atoms with Crippen molar-refractivity contribution in [1.29, 1.82) is 0 Å². The van der Waals surface area contributed by atoms with Crippen molar-refractivity contribution in [3.8, 4) is 27.6 Å². The lowest BCUT2D eigenvalue weighted by molar-refractivity contribution is 0.475. The minimum atomic E-state index is -0.229. The summed E-state index contributed by atoms with van der Waals surface area (Å²) in [6.07, 6.45) is 0. The third kappa shape index (κ3) is 2.91. The largest absolute Gasteiger partial charge is 0.506 e. The Morgan fingerprint density at radius 3 is 2.60 bits per heavy atom. The smallest absolute Gasteiger partial charge is 0.269 e. The third-order valence-electron chi connectivity index (χ3n) is 3.74. The van der Waals surface area contributed by atoms with Crippen LogP contribution in [0.3, 0.4) is 0 Å². The van der Waals surface area contributed by atoms with Crippen LogP contribution in [0.15, 0.2) is 53.3 Å². The Morgan fingerprint density at radius 2 is 1.84 bits per heavy atom. The molecule has 0 atom stereocenters. The van der Waals surface area contributed by atoms with Crippen LogP contribution in [-0.2, 0) is 0 Å². The van der Waals surface area contributed by atoms with Crippen LogP contribution in [0.5, 0.6) is 5.75 Å². The average molecular weight is 389 g/mol. The number of thiophene rings is 1. The first kappa shape index (κ1) is 16.1. The van der Waals surface area contributed by atoms with Crippen LogP contribution in [0.1, 0.15) is 0 Å². The minimum Gasteiger partial charge on any atom is -0.506 e. The lowest BCUT2D eigenvalue weighted by Gasteiger charge is -2.03. The molecule has 2 aromatic heterocycles. The topological polar surface area (TPSA) is 66.0 Å². The van der Waals surface area contributed by atoms with Crippen molar-refractivity contribution in [2.75, 3.05) is 0 Å². The van der Waals surface area contributed by atoms with Crippen LogP contribution >= 0.6 is 34.5 Å². The standard InChI is InChI=1S/C18H10Cl2N2O2S/c19-11-4-2-1-3-10(11)15-8-13-16(25-15)18(24)22-17(21-13)9-5-6-14(23)12(20)7-9/h1-8,23H,(H,21,22,24). The van der Waals surface area contributed by atoms with Crippen molar-refractivity contribution in [2.24, 2.45) is 0 Å². The van der Waals surface area contributed by atoms with Gasteiger partial charge in [0.1, 0.15) is 16.3 Å². The van der Waals surface area contributed by atoms with Gasteiger partial charge in [-0.25, -0.2) is 4.98 Å². The Labute approximate surface area is 156 Å². The molecule has 0 amide bonds. The highest BCUT2D eigenvalue weighted by molar-refractivity contribution is 7.22. The van der Waals surface area contributed by atoms with E-state index in [-0.39, 0.29) is 16.3 Å². The van der Waals surface area contributed by atoms with E-state index in [2.05, 4.69) is 9.97 Å². The van der Waals surface area contributed by atoms with Gasteiger partial charge in [-0.05, 0) is 30.3 Å². The Kier molecular flexibility index (Phi) is 4.00. The molecule has 124 valence electrons. The molecule has 4 rings (SSSR count). The maximum absolute atomic E-state index is 12.5.